The number of imidazole rings is 1. The Hall–Kier alpha value is -1.83. The number of H-pyrrole nitrogens is 1. The van der Waals surface area contributed by atoms with Gasteiger partial charge in [-0.3, -0.25) is 4.79 Å². The molecule has 0 saturated heterocycles. The lowest BCUT2D eigenvalue weighted by atomic mass is 9.80. The first-order valence-corrected chi connectivity index (χ1v) is 6.83. The first kappa shape index (κ1) is 13.6. The third-order valence-corrected chi connectivity index (χ3v) is 3.87. The van der Waals surface area contributed by atoms with E-state index in [1.807, 2.05) is 0 Å². The number of nitrogens with one attached hydrogen (secondary N) is 1. The van der Waals surface area contributed by atoms with Crippen LogP contribution in [0.25, 0.3) is 0 Å². The SMILES string of the molecule is CN(Cc1ncc[nH]1)C(=O)C1(C#N)CCCCCC1. The molecule has 1 amide bonds. The summed E-state index contributed by atoms with van der Waals surface area (Å²) >= 11 is 0. The summed E-state index contributed by atoms with van der Waals surface area (Å²) in [4.78, 5) is 21.3. The van der Waals surface area contributed by atoms with E-state index in [9.17, 15) is 10.1 Å². The zero-order valence-electron chi connectivity index (χ0n) is 11.4. The number of hydrogen-bond acceptors (Lipinski definition) is 3. The van der Waals surface area contributed by atoms with Gasteiger partial charge >= 0.3 is 0 Å². The van der Waals surface area contributed by atoms with Gasteiger partial charge in [-0.25, -0.2) is 4.98 Å². The fourth-order valence-corrected chi connectivity index (χ4v) is 2.75. The van der Waals surface area contributed by atoms with Gasteiger partial charge in [-0.15, -0.1) is 0 Å². The number of aromatic nitrogens is 2. The Labute approximate surface area is 113 Å². The Morgan fingerprint density at radius 2 is 2.16 bits per heavy atom. The number of nitriles is 1. The van der Waals surface area contributed by atoms with Crippen molar-refractivity contribution in [3.8, 4) is 6.07 Å². The highest BCUT2D eigenvalue weighted by Gasteiger charge is 2.40. The highest BCUT2D eigenvalue weighted by Crippen LogP contribution is 2.36. The molecular weight excluding hydrogens is 240 g/mol. The van der Waals surface area contributed by atoms with Crippen molar-refractivity contribution in [1.82, 2.24) is 14.9 Å². The maximum atomic E-state index is 12.6. The monoisotopic (exact) mass is 260 g/mol. The normalized spacial score (nSPS) is 18.3. The molecule has 0 aliphatic heterocycles. The number of carbonyl (C=O) groups is 1. The topological polar surface area (TPSA) is 72.8 Å². The molecule has 1 aromatic rings. The number of aromatic amines is 1. The lowest BCUT2D eigenvalue weighted by Gasteiger charge is -2.28. The third-order valence-electron chi connectivity index (χ3n) is 3.87. The van der Waals surface area contributed by atoms with Crippen molar-refractivity contribution in [2.45, 2.75) is 45.1 Å². The molecule has 0 bridgehead atoms. The van der Waals surface area contributed by atoms with E-state index in [0.29, 0.717) is 19.4 Å². The predicted octanol–water partition coefficient (Wildman–Crippen LogP) is 2.23. The lowest BCUT2D eigenvalue weighted by Crippen LogP contribution is -2.41. The van der Waals surface area contributed by atoms with Crippen molar-refractivity contribution in [3.63, 3.8) is 0 Å². The molecular formula is C14H20N4O. The average molecular weight is 260 g/mol. The molecule has 0 unspecified atom stereocenters. The number of amides is 1. The summed E-state index contributed by atoms with van der Waals surface area (Å²) in [5.41, 5.74) is -0.822. The summed E-state index contributed by atoms with van der Waals surface area (Å²) in [6.07, 6.45) is 8.95. The van der Waals surface area contributed by atoms with Gasteiger partial charge in [-0.2, -0.15) is 5.26 Å². The van der Waals surface area contributed by atoms with Crippen LogP contribution >= 0.6 is 0 Å². The van der Waals surface area contributed by atoms with Crippen molar-refractivity contribution >= 4 is 5.91 Å². The Balaban J connectivity index is 2.09. The second kappa shape index (κ2) is 5.87. The number of carbonyl (C=O) groups excluding carboxylic acids is 1. The van der Waals surface area contributed by atoms with Crippen LogP contribution in [0.3, 0.4) is 0 Å². The Kier molecular flexibility index (Phi) is 4.20. The lowest BCUT2D eigenvalue weighted by molar-refractivity contribution is -0.139. The average Bonchev–Trinajstić information content (AvgIpc) is 2.80. The molecule has 102 valence electrons. The molecule has 1 heterocycles. The fraction of sp³-hybridized carbons (Fsp3) is 0.643. The van der Waals surface area contributed by atoms with Gasteiger partial charge in [-0.1, -0.05) is 25.7 Å². The molecule has 19 heavy (non-hydrogen) atoms. The molecule has 0 radical (unpaired) electrons. The first-order chi connectivity index (χ1) is 9.18. The molecule has 2 rings (SSSR count). The summed E-state index contributed by atoms with van der Waals surface area (Å²) in [7, 11) is 1.74. The quantitative estimate of drug-likeness (QED) is 0.847. The summed E-state index contributed by atoms with van der Waals surface area (Å²) in [5, 5.41) is 9.49. The minimum Gasteiger partial charge on any atom is -0.347 e. The zero-order valence-corrected chi connectivity index (χ0v) is 11.4. The van der Waals surface area contributed by atoms with Gasteiger partial charge in [0.25, 0.3) is 0 Å². The van der Waals surface area contributed by atoms with Gasteiger partial charge < -0.3 is 9.88 Å². The Morgan fingerprint density at radius 3 is 2.68 bits per heavy atom. The molecule has 1 aliphatic rings. The van der Waals surface area contributed by atoms with Crippen LogP contribution < -0.4 is 0 Å². The van der Waals surface area contributed by atoms with Gasteiger partial charge in [0.1, 0.15) is 11.2 Å². The minimum atomic E-state index is -0.822. The Bertz CT molecular complexity index is 452. The van der Waals surface area contributed by atoms with Crippen LogP contribution in [0.2, 0.25) is 0 Å². The van der Waals surface area contributed by atoms with E-state index in [2.05, 4.69) is 16.0 Å². The van der Waals surface area contributed by atoms with E-state index in [4.69, 9.17) is 0 Å². The fourth-order valence-electron chi connectivity index (χ4n) is 2.75. The molecule has 0 aromatic carbocycles. The van der Waals surface area contributed by atoms with E-state index in [1.54, 1.807) is 24.3 Å². The summed E-state index contributed by atoms with van der Waals surface area (Å²) in [6, 6.07) is 2.30. The van der Waals surface area contributed by atoms with Crippen molar-refractivity contribution in [3.05, 3.63) is 18.2 Å². The predicted molar refractivity (Wildman–Crippen MR) is 70.8 cm³/mol. The summed E-state index contributed by atoms with van der Waals surface area (Å²) < 4.78 is 0. The molecule has 1 aromatic heterocycles. The standard InChI is InChI=1S/C14H20N4O/c1-18(10-12-16-8-9-17-12)13(19)14(11-15)6-4-2-3-5-7-14/h8-9H,2-7,10H2,1H3,(H,16,17). The number of rotatable bonds is 3. The maximum absolute atomic E-state index is 12.6. The maximum Gasteiger partial charge on any atom is 0.243 e. The third kappa shape index (κ3) is 2.95. The molecule has 0 atom stereocenters. The smallest absolute Gasteiger partial charge is 0.243 e. The van der Waals surface area contributed by atoms with E-state index in [0.717, 1.165) is 31.5 Å². The van der Waals surface area contributed by atoms with Crippen LogP contribution in [-0.4, -0.2) is 27.8 Å². The highest BCUT2D eigenvalue weighted by atomic mass is 16.2. The summed E-state index contributed by atoms with van der Waals surface area (Å²) in [5.74, 6) is 0.686. The number of nitrogens with zero attached hydrogens (tertiary/aromatic N) is 3. The molecule has 5 heteroatoms. The van der Waals surface area contributed by atoms with Crippen molar-refractivity contribution in [2.75, 3.05) is 7.05 Å². The van der Waals surface area contributed by atoms with Crippen LogP contribution in [0.1, 0.15) is 44.3 Å². The summed E-state index contributed by atoms with van der Waals surface area (Å²) in [6.45, 7) is 0.426. The molecule has 0 spiro atoms. The van der Waals surface area contributed by atoms with E-state index in [1.165, 1.54) is 0 Å². The largest absolute Gasteiger partial charge is 0.347 e. The van der Waals surface area contributed by atoms with Crippen LogP contribution in [0.4, 0.5) is 0 Å². The van der Waals surface area contributed by atoms with Gasteiger partial charge in [0.05, 0.1) is 12.6 Å². The molecule has 5 nitrogen and oxygen atoms in total. The van der Waals surface area contributed by atoms with Gasteiger partial charge in [0.15, 0.2) is 0 Å². The molecule has 1 N–H and O–H groups in total. The van der Waals surface area contributed by atoms with Crippen LogP contribution in [0, 0.1) is 16.7 Å². The van der Waals surface area contributed by atoms with Crippen LogP contribution in [-0.2, 0) is 11.3 Å². The second-order valence-corrected chi connectivity index (χ2v) is 5.31. The Morgan fingerprint density at radius 1 is 1.47 bits per heavy atom. The second-order valence-electron chi connectivity index (χ2n) is 5.31. The number of hydrogen-bond donors (Lipinski definition) is 1. The van der Waals surface area contributed by atoms with Gasteiger partial charge in [0, 0.05) is 19.4 Å². The van der Waals surface area contributed by atoms with Crippen molar-refractivity contribution in [2.24, 2.45) is 5.41 Å². The van der Waals surface area contributed by atoms with Crippen LogP contribution in [0.5, 0.6) is 0 Å². The molecule has 1 saturated carbocycles. The van der Waals surface area contributed by atoms with Gasteiger partial charge in [0.2, 0.25) is 5.91 Å². The van der Waals surface area contributed by atoms with Crippen molar-refractivity contribution < 1.29 is 4.79 Å². The zero-order chi connectivity index (χ0) is 13.7. The van der Waals surface area contributed by atoms with E-state index >= 15 is 0 Å². The highest BCUT2D eigenvalue weighted by molar-refractivity contribution is 5.85. The van der Waals surface area contributed by atoms with E-state index < -0.39 is 5.41 Å². The van der Waals surface area contributed by atoms with Gasteiger partial charge in [-0.05, 0) is 12.8 Å². The molecule has 1 aliphatic carbocycles. The van der Waals surface area contributed by atoms with Crippen LogP contribution in [0.15, 0.2) is 12.4 Å². The van der Waals surface area contributed by atoms with E-state index in [-0.39, 0.29) is 5.91 Å². The van der Waals surface area contributed by atoms with Crippen molar-refractivity contribution in [1.29, 1.82) is 5.26 Å². The minimum absolute atomic E-state index is 0.0618. The molecule has 1 fully saturated rings. The first-order valence-electron chi connectivity index (χ1n) is 6.83.